The summed E-state index contributed by atoms with van der Waals surface area (Å²) in [5.41, 5.74) is -1.10. The van der Waals surface area contributed by atoms with Crippen molar-refractivity contribution in [2.24, 2.45) is 10.9 Å². The molecule has 7 nitrogen and oxygen atoms in total. The van der Waals surface area contributed by atoms with Gasteiger partial charge in [0.15, 0.2) is 10.4 Å². The molecule has 4 atom stereocenters. The zero-order chi connectivity index (χ0) is 23.3. The highest BCUT2D eigenvalue weighted by atomic mass is 35.5. The molecular weight excluding hydrogens is 487 g/mol. The van der Waals surface area contributed by atoms with Crippen molar-refractivity contribution in [2.75, 3.05) is 7.11 Å². The SMILES string of the molecule is COC(=O)C1C2(C)N=c3s/c(=C\c4cc(Cl)cc(Cl)c4O)c(=O)n3C3c4ccccc4OC312. The van der Waals surface area contributed by atoms with Crippen LogP contribution in [-0.2, 0) is 9.53 Å². The zero-order valence-corrected chi connectivity index (χ0v) is 19.7. The topological polar surface area (TPSA) is 90.1 Å². The summed E-state index contributed by atoms with van der Waals surface area (Å²) >= 11 is 13.3. The molecule has 1 aromatic heterocycles. The quantitative estimate of drug-likeness (QED) is 0.544. The van der Waals surface area contributed by atoms with Crippen LogP contribution in [0.5, 0.6) is 11.5 Å². The van der Waals surface area contributed by atoms with E-state index in [1.54, 1.807) is 10.6 Å². The van der Waals surface area contributed by atoms with Gasteiger partial charge in [-0.1, -0.05) is 52.7 Å². The van der Waals surface area contributed by atoms with Gasteiger partial charge in [0.25, 0.3) is 5.56 Å². The van der Waals surface area contributed by atoms with Gasteiger partial charge in [0.2, 0.25) is 0 Å². The summed E-state index contributed by atoms with van der Waals surface area (Å²) in [4.78, 5) is 31.6. The second-order valence-corrected chi connectivity index (χ2v) is 10.3. The van der Waals surface area contributed by atoms with Crippen molar-refractivity contribution in [2.45, 2.75) is 24.1 Å². The lowest BCUT2D eigenvalue weighted by molar-refractivity contribution is -0.144. The lowest BCUT2D eigenvalue weighted by atomic mass is 9.97. The van der Waals surface area contributed by atoms with Crippen molar-refractivity contribution in [1.82, 2.24) is 4.57 Å². The van der Waals surface area contributed by atoms with Crippen LogP contribution < -0.4 is 19.6 Å². The van der Waals surface area contributed by atoms with E-state index in [2.05, 4.69) is 0 Å². The first-order valence-corrected chi connectivity index (χ1v) is 11.7. The number of methoxy groups -OCH3 is 1. The summed E-state index contributed by atoms with van der Waals surface area (Å²) in [6.07, 6.45) is 1.54. The van der Waals surface area contributed by atoms with Crippen LogP contribution in [0.1, 0.15) is 24.1 Å². The third-order valence-corrected chi connectivity index (χ3v) is 8.29. The zero-order valence-electron chi connectivity index (χ0n) is 17.3. The van der Waals surface area contributed by atoms with Crippen molar-refractivity contribution in [1.29, 1.82) is 0 Å². The molecule has 0 saturated heterocycles. The summed E-state index contributed by atoms with van der Waals surface area (Å²) < 4.78 is 13.3. The van der Waals surface area contributed by atoms with Gasteiger partial charge in [0.1, 0.15) is 29.0 Å². The van der Waals surface area contributed by atoms with E-state index in [0.29, 0.717) is 25.7 Å². The van der Waals surface area contributed by atoms with E-state index in [9.17, 15) is 14.7 Å². The first-order valence-electron chi connectivity index (χ1n) is 10.1. The number of hydrogen-bond donors (Lipinski definition) is 1. The molecule has 4 unspecified atom stereocenters. The van der Waals surface area contributed by atoms with Crippen molar-refractivity contribution in [3.63, 3.8) is 0 Å². The molecule has 1 aliphatic carbocycles. The minimum atomic E-state index is -1.04. The highest BCUT2D eigenvalue weighted by Gasteiger charge is 2.88. The largest absolute Gasteiger partial charge is 0.506 e. The number of halogens is 2. The Morgan fingerprint density at radius 1 is 1.33 bits per heavy atom. The molecule has 1 spiro atoms. The van der Waals surface area contributed by atoms with Crippen molar-refractivity contribution >= 4 is 46.6 Å². The van der Waals surface area contributed by atoms with Gasteiger partial charge in [0.05, 0.1) is 16.7 Å². The normalized spacial score (nSPS) is 28.7. The van der Waals surface area contributed by atoms with Gasteiger partial charge in [-0.3, -0.25) is 14.2 Å². The summed E-state index contributed by atoms with van der Waals surface area (Å²) in [6, 6.07) is 9.85. The third kappa shape index (κ3) is 2.48. The summed E-state index contributed by atoms with van der Waals surface area (Å²) in [5.74, 6) is -0.624. The number of aromatic nitrogens is 1. The Bertz CT molecular complexity index is 1560. The van der Waals surface area contributed by atoms with E-state index in [1.807, 2.05) is 31.2 Å². The fourth-order valence-electron chi connectivity index (χ4n) is 5.30. The number of hydrogen-bond acceptors (Lipinski definition) is 7. The number of thiazole rings is 1. The van der Waals surface area contributed by atoms with E-state index >= 15 is 0 Å². The second kappa shape index (κ2) is 6.62. The summed E-state index contributed by atoms with van der Waals surface area (Å²) in [6.45, 7) is 1.85. The predicted molar refractivity (Wildman–Crippen MR) is 123 cm³/mol. The number of benzene rings is 2. The van der Waals surface area contributed by atoms with Gasteiger partial charge in [-0.15, -0.1) is 0 Å². The number of fused-ring (bicyclic) bond motifs is 4. The van der Waals surface area contributed by atoms with E-state index < -0.39 is 29.1 Å². The molecule has 0 radical (unpaired) electrons. The van der Waals surface area contributed by atoms with E-state index in [0.717, 1.165) is 5.56 Å². The van der Waals surface area contributed by atoms with Gasteiger partial charge in [0, 0.05) is 16.1 Å². The first kappa shape index (κ1) is 20.8. The average Bonchev–Trinajstić information content (AvgIpc) is 2.99. The van der Waals surface area contributed by atoms with Crippen molar-refractivity contribution in [3.8, 4) is 11.5 Å². The van der Waals surface area contributed by atoms with Crippen LogP contribution in [0.4, 0.5) is 0 Å². The Morgan fingerprint density at radius 2 is 2.09 bits per heavy atom. The van der Waals surface area contributed by atoms with Gasteiger partial charge >= 0.3 is 5.97 Å². The number of phenols is 1. The van der Waals surface area contributed by atoms with Gasteiger partial charge in [-0.2, -0.15) is 0 Å². The lowest BCUT2D eigenvalue weighted by Crippen LogP contribution is -2.47. The van der Waals surface area contributed by atoms with Crippen LogP contribution in [0.25, 0.3) is 6.08 Å². The minimum Gasteiger partial charge on any atom is -0.506 e. The third-order valence-electron chi connectivity index (χ3n) is 6.80. The van der Waals surface area contributed by atoms with Gasteiger partial charge in [-0.05, 0) is 31.2 Å². The van der Waals surface area contributed by atoms with Crippen molar-refractivity contribution in [3.05, 3.63) is 77.3 Å². The summed E-state index contributed by atoms with van der Waals surface area (Å²) in [7, 11) is 1.33. The fraction of sp³-hybridized carbons (Fsp3) is 0.261. The van der Waals surface area contributed by atoms with E-state index in [-0.39, 0.29) is 16.3 Å². The number of aromatic hydroxyl groups is 1. The number of esters is 1. The van der Waals surface area contributed by atoms with E-state index in [1.165, 1.54) is 30.6 Å². The lowest BCUT2D eigenvalue weighted by Gasteiger charge is -2.26. The molecular formula is C23H16Cl2N2O5S. The number of carbonyl (C=O) groups is 1. The predicted octanol–water partition coefficient (Wildman–Crippen LogP) is 2.67. The van der Waals surface area contributed by atoms with E-state index in [4.69, 9.17) is 37.7 Å². The molecule has 168 valence electrons. The van der Waals surface area contributed by atoms with Crippen LogP contribution >= 0.6 is 34.5 Å². The average molecular weight is 503 g/mol. The maximum Gasteiger partial charge on any atom is 0.315 e. The molecule has 0 bridgehead atoms. The summed E-state index contributed by atoms with van der Waals surface area (Å²) in [5, 5.41) is 10.8. The second-order valence-electron chi connectivity index (χ2n) is 8.44. The van der Waals surface area contributed by atoms with Crippen molar-refractivity contribution < 1.29 is 19.4 Å². The Hall–Kier alpha value is -2.81. The maximum atomic E-state index is 13.6. The smallest absolute Gasteiger partial charge is 0.315 e. The number of nitrogens with zero attached hydrogens (tertiary/aromatic N) is 2. The molecule has 0 amide bonds. The van der Waals surface area contributed by atoms with Crippen LogP contribution in [0.15, 0.2) is 46.2 Å². The van der Waals surface area contributed by atoms with Gasteiger partial charge < -0.3 is 14.6 Å². The Balaban J connectivity index is 1.63. The highest BCUT2D eigenvalue weighted by molar-refractivity contribution is 7.07. The fourth-order valence-corrected chi connectivity index (χ4v) is 6.90. The molecule has 1 N–H and O–H groups in total. The van der Waals surface area contributed by atoms with Crippen LogP contribution in [-0.4, -0.2) is 33.9 Å². The highest BCUT2D eigenvalue weighted by Crippen LogP contribution is 2.70. The number of phenolic OH excluding ortho intramolecular Hbond substituents is 1. The Kier molecular flexibility index (Phi) is 4.17. The Morgan fingerprint density at radius 3 is 2.85 bits per heavy atom. The van der Waals surface area contributed by atoms with Gasteiger partial charge in [-0.25, -0.2) is 4.99 Å². The molecule has 33 heavy (non-hydrogen) atoms. The number of rotatable bonds is 2. The number of carbonyl (C=O) groups excluding carboxylic acids is 1. The monoisotopic (exact) mass is 502 g/mol. The van der Waals surface area contributed by atoms with Crippen LogP contribution in [0, 0.1) is 5.92 Å². The molecule has 3 heterocycles. The minimum absolute atomic E-state index is 0.0895. The van der Waals surface area contributed by atoms with Crippen LogP contribution in [0.3, 0.4) is 0 Å². The molecule has 3 aliphatic rings. The standard InChI is InChI=1S/C23H16Cl2N2O5S/c1-22-17(20(30)31-2)23(22)18(12-5-3-4-6-14(12)32-23)27-19(29)15(33-21(27)26-22)8-10-7-11(24)9-13(25)16(10)28/h3-9,17-18,28H,1-2H3/b15-8-. The molecule has 1 saturated carbocycles. The molecule has 2 aromatic carbocycles. The number of ether oxygens (including phenoxy) is 2. The molecule has 1 fully saturated rings. The maximum absolute atomic E-state index is 13.6. The number of para-hydroxylation sites is 1. The molecule has 10 heteroatoms. The molecule has 6 rings (SSSR count). The molecule has 3 aromatic rings. The first-order chi connectivity index (χ1) is 15.7. The Labute approximate surface area is 201 Å². The molecule has 2 aliphatic heterocycles. The van der Waals surface area contributed by atoms with Crippen LogP contribution in [0.2, 0.25) is 10.0 Å².